The van der Waals surface area contributed by atoms with Crippen molar-refractivity contribution >= 4 is 35.5 Å². The predicted octanol–water partition coefficient (Wildman–Crippen LogP) is 2.22. The van der Waals surface area contributed by atoms with E-state index in [0.717, 1.165) is 0 Å². The molecule has 0 aliphatic rings. The van der Waals surface area contributed by atoms with Gasteiger partial charge in [-0.1, -0.05) is 30.3 Å². The highest BCUT2D eigenvalue weighted by atomic mass is 32.1. The molecule has 0 atom stereocenters. The van der Waals surface area contributed by atoms with E-state index in [9.17, 15) is 9.59 Å². The van der Waals surface area contributed by atoms with Gasteiger partial charge in [0.2, 0.25) is 5.12 Å². The van der Waals surface area contributed by atoms with Crippen LogP contribution in [0.15, 0.2) is 30.3 Å². The minimum atomic E-state index is -0.185. The van der Waals surface area contributed by atoms with Crippen LogP contribution in [0.25, 0.3) is 0 Å². The Bertz CT molecular complexity index is 279. The first-order valence-electron chi connectivity index (χ1n) is 3.52. The van der Waals surface area contributed by atoms with E-state index >= 15 is 0 Å². The molecule has 0 unspecified atom stereocenters. The molecule has 0 aliphatic carbocycles. The van der Waals surface area contributed by atoms with Gasteiger partial charge >= 0.3 is 0 Å². The molecule has 0 saturated carbocycles. The van der Waals surface area contributed by atoms with Crippen molar-refractivity contribution in [3.05, 3.63) is 35.9 Å². The van der Waals surface area contributed by atoms with E-state index in [-0.39, 0.29) is 10.2 Å². The van der Waals surface area contributed by atoms with E-state index in [4.69, 9.17) is 0 Å². The molecule has 0 N–H and O–H groups in total. The highest BCUT2D eigenvalue weighted by Crippen LogP contribution is 2.00. The number of hydrogen-bond acceptors (Lipinski definition) is 2. The topological polar surface area (TPSA) is 34.1 Å². The number of rotatable bonds is 1. The van der Waals surface area contributed by atoms with Crippen molar-refractivity contribution in [2.45, 2.75) is 6.92 Å². The molecule has 0 spiro atoms. The average molecular weight is 214 g/mol. The minimum Gasteiger partial charge on any atom is -0.288 e. The van der Waals surface area contributed by atoms with Crippen LogP contribution in [0.3, 0.4) is 0 Å². The third kappa shape index (κ3) is 7.62. The Morgan fingerprint density at radius 3 is 1.69 bits per heavy atom. The van der Waals surface area contributed by atoms with Crippen molar-refractivity contribution in [1.82, 2.24) is 0 Å². The molecular weight excluding hydrogens is 204 g/mol. The molecule has 70 valence electrons. The van der Waals surface area contributed by atoms with Crippen molar-refractivity contribution in [1.29, 1.82) is 0 Å². The normalized spacial score (nSPS) is 8.23. The van der Waals surface area contributed by atoms with Gasteiger partial charge in [0.1, 0.15) is 0 Å². The van der Waals surface area contributed by atoms with Gasteiger partial charge in [-0.25, -0.2) is 0 Å². The monoisotopic (exact) mass is 214 g/mol. The molecule has 0 fully saturated rings. The van der Waals surface area contributed by atoms with E-state index in [0.29, 0.717) is 5.56 Å². The minimum absolute atomic E-state index is 0.139. The molecule has 13 heavy (non-hydrogen) atoms. The molecule has 0 amide bonds. The summed E-state index contributed by atoms with van der Waals surface area (Å²) in [5.41, 5.74) is 0.640. The van der Waals surface area contributed by atoms with E-state index in [1.165, 1.54) is 6.92 Å². The summed E-state index contributed by atoms with van der Waals surface area (Å²) in [6, 6.07) is 8.94. The summed E-state index contributed by atoms with van der Waals surface area (Å²) >= 11 is 6.98. The smallest absolute Gasteiger partial charge is 0.216 e. The number of carbonyl (C=O) groups is 2. The average Bonchev–Trinajstić information content (AvgIpc) is 2.05. The van der Waals surface area contributed by atoms with Crippen molar-refractivity contribution < 1.29 is 9.59 Å². The predicted molar refractivity (Wildman–Crippen MR) is 59.4 cm³/mol. The number of hydrogen-bond donors (Lipinski definition) is 2. The van der Waals surface area contributed by atoms with Crippen LogP contribution in [-0.2, 0) is 4.79 Å². The molecular formula is C9H10O2S2. The second-order valence-corrected chi connectivity index (χ2v) is 3.23. The lowest BCUT2D eigenvalue weighted by atomic mass is 10.2. The number of carbonyl (C=O) groups excluding carboxylic acids is 2. The van der Waals surface area contributed by atoms with Crippen molar-refractivity contribution in [3.8, 4) is 0 Å². The third-order valence-electron chi connectivity index (χ3n) is 1.02. The zero-order valence-corrected chi connectivity index (χ0v) is 8.89. The summed E-state index contributed by atoms with van der Waals surface area (Å²) in [6.45, 7) is 1.39. The van der Waals surface area contributed by atoms with Crippen molar-refractivity contribution in [2.24, 2.45) is 0 Å². The second kappa shape index (κ2) is 6.74. The summed E-state index contributed by atoms with van der Waals surface area (Å²) in [5.74, 6) is 0. The maximum atomic E-state index is 10.5. The van der Waals surface area contributed by atoms with Crippen LogP contribution in [0.1, 0.15) is 17.3 Å². The Hall–Kier alpha value is -0.740. The standard InChI is InChI=1S/C7H6OS.C2H4OS/c8-7(9)6-4-2-1-3-5-6;1-2(3)4/h1-5H,(H,8,9);1H3,(H,3,4). The fourth-order valence-corrected chi connectivity index (χ4v) is 0.730. The van der Waals surface area contributed by atoms with Gasteiger partial charge in [-0.05, 0) is 0 Å². The van der Waals surface area contributed by atoms with Gasteiger partial charge in [-0.15, -0.1) is 25.3 Å². The summed E-state index contributed by atoms with van der Waals surface area (Å²) in [4.78, 5) is 19.8. The van der Waals surface area contributed by atoms with E-state index < -0.39 is 0 Å². The van der Waals surface area contributed by atoms with Crippen LogP contribution in [0.4, 0.5) is 0 Å². The van der Waals surface area contributed by atoms with E-state index in [1.807, 2.05) is 18.2 Å². The molecule has 1 aromatic carbocycles. The Morgan fingerprint density at radius 1 is 1.08 bits per heavy atom. The lowest BCUT2D eigenvalue weighted by Crippen LogP contribution is -1.84. The molecule has 1 rings (SSSR count). The first kappa shape index (κ1) is 12.3. The molecule has 0 aromatic heterocycles. The summed E-state index contributed by atoms with van der Waals surface area (Å²) < 4.78 is 0. The molecule has 1 aromatic rings. The molecule has 0 saturated heterocycles. The zero-order chi connectivity index (χ0) is 10.3. The van der Waals surface area contributed by atoms with Gasteiger partial charge in [-0.3, -0.25) is 9.59 Å². The number of benzene rings is 1. The van der Waals surface area contributed by atoms with E-state index in [1.54, 1.807) is 12.1 Å². The first-order valence-corrected chi connectivity index (χ1v) is 4.41. The number of thiol groups is 2. The molecule has 0 heterocycles. The highest BCUT2D eigenvalue weighted by molar-refractivity contribution is 7.97. The zero-order valence-electron chi connectivity index (χ0n) is 7.10. The van der Waals surface area contributed by atoms with Crippen LogP contribution in [0, 0.1) is 0 Å². The van der Waals surface area contributed by atoms with E-state index in [2.05, 4.69) is 25.3 Å². The molecule has 2 nitrogen and oxygen atoms in total. The second-order valence-electron chi connectivity index (χ2n) is 2.19. The van der Waals surface area contributed by atoms with Crippen LogP contribution >= 0.6 is 25.3 Å². The lowest BCUT2D eigenvalue weighted by Gasteiger charge is -1.88. The molecule has 0 bridgehead atoms. The summed E-state index contributed by atoms with van der Waals surface area (Å²) in [6.07, 6.45) is 0. The Morgan fingerprint density at radius 2 is 1.46 bits per heavy atom. The molecule has 0 radical (unpaired) electrons. The van der Waals surface area contributed by atoms with Crippen LogP contribution in [-0.4, -0.2) is 10.2 Å². The van der Waals surface area contributed by atoms with Gasteiger partial charge < -0.3 is 0 Å². The van der Waals surface area contributed by atoms with Gasteiger partial charge in [-0.2, -0.15) is 0 Å². The van der Waals surface area contributed by atoms with Gasteiger partial charge in [0.15, 0.2) is 5.12 Å². The van der Waals surface area contributed by atoms with Gasteiger partial charge in [0.25, 0.3) is 0 Å². The summed E-state index contributed by atoms with van der Waals surface area (Å²) in [7, 11) is 0. The van der Waals surface area contributed by atoms with Gasteiger partial charge in [0.05, 0.1) is 0 Å². The first-order chi connectivity index (χ1) is 6.04. The third-order valence-corrected chi connectivity index (χ3v) is 1.28. The van der Waals surface area contributed by atoms with Crippen molar-refractivity contribution in [3.63, 3.8) is 0 Å². The molecule has 0 aliphatic heterocycles. The Kier molecular flexibility index (Phi) is 6.36. The van der Waals surface area contributed by atoms with Crippen LogP contribution in [0.2, 0.25) is 0 Å². The lowest BCUT2D eigenvalue weighted by molar-refractivity contribution is -0.108. The maximum Gasteiger partial charge on any atom is 0.216 e. The SMILES string of the molecule is CC(=O)S.O=C(S)c1ccccc1. The van der Waals surface area contributed by atoms with Crippen LogP contribution in [0.5, 0.6) is 0 Å². The molecule has 4 heteroatoms. The summed E-state index contributed by atoms with van der Waals surface area (Å²) in [5, 5.41) is -0.324. The van der Waals surface area contributed by atoms with Crippen LogP contribution < -0.4 is 0 Å². The quantitative estimate of drug-likeness (QED) is 0.703. The van der Waals surface area contributed by atoms with Crippen molar-refractivity contribution in [2.75, 3.05) is 0 Å². The Labute approximate surface area is 88.2 Å². The fourth-order valence-electron chi connectivity index (χ4n) is 0.581. The maximum absolute atomic E-state index is 10.5. The highest BCUT2D eigenvalue weighted by Gasteiger charge is 1.94. The fraction of sp³-hybridized carbons (Fsp3) is 0.111. The van der Waals surface area contributed by atoms with Gasteiger partial charge in [0, 0.05) is 12.5 Å². The largest absolute Gasteiger partial charge is 0.288 e. The Balaban J connectivity index is 0.000000310.